The van der Waals surface area contributed by atoms with Gasteiger partial charge in [-0.2, -0.15) is 0 Å². The van der Waals surface area contributed by atoms with E-state index in [1.165, 1.54) is 0 Å². The molecule has 1 saturated heterocycles. The number of carbonyl (C=O) groups is 1. The second-order valence-corrected chi connectivity index (χ2v) is 10.0. The van der Waals surface area contributed by atoms with Gasteiger partial charge in [0.2, 0.25) is 0 Å². The Morgan fingerprint density at radius 3 is 2.86 bits per heavy atom. The van der Waals surface area contributed by atoms with E-state index in [-0.39, 0.29) is 24.0 Å². The molecule has 6 rings (SSSR count). The number of pyridine rings is 2. The van der Waals surface area contributed by atoms with Gasteiger partial charge >= 0.3 is 5.97 Å². The fourth-order valence-electron chi connectivity index (χ4n) is 5.16. The normalized spacial score (nSPS) is 21.9. The zero-order valence-electron chi connectivity index (χ0n) is 20.6. The van der Waals surface area contributed by atoms with Gasteiger partial charge in [-0.1, -0.05) is 12.1 Å². The van der Waals surface area contributed by atoms with E-state index in [1.807, 2.05) is 43.5 Å². The molecule has 0 spiro atoms. The second kappa shape index (κ2) is 9.35. The summed E-state index contributed by atoms with van der Waals surface area (Å²) < 4.78 is 5.70. The summed E-state index contributed by atoms with van der Waals surface area (Å²) in [5.74, 6) is -0.0609. The van der Waals surface area contributed by atoms with Gasteiger partial charge < -0.3 is 19.9 Å². The molecule has 8 heteroatoms. The molecule has 0 unspecified atom stereocenters. The number of imidazole rings is 1. The van der Waals surface area contributed by atoms with Crippen LogP contribution in [0.5, 0.6) is 0 Å². The molecule has 0 bridgehead atoms. The van der Waals surface area contributed by atoms with E-state index in [0.29, 0.717) is 0 Å². The van der Waals surface area contributed by atoms with Gasteiger partial charge in [0.05, 0.1) is 46.7 Å². The lowest BCUT2D eigenvalue weighted by Crippen LogP contribution is -2.41. The molecule has 8 nitrogen and oxygen atoms in total. The number of likely N-dealkylation sites (N-methyl/N-ethyl adjacent to an activating group) is 1. The molecule has 4 heterocycles. The number of nitrogens with zero attached hydrogens (tertiary/aromatic N) is 4. The summed E-state index contributed by atoms with van der Waals surface area (Å²) in [5, 5.41) is 4.58. The number of carbonyl (C=O) groups excluding carboxylic acids is 1. The summed E-state index contributed by atoms with van der Waals surface area (Å²) in [5.41, 5.74) is 6.48. The molecule has 3 aromatic heterocycles. The van der Waals surface area contributed by atoms with Crippen LogP contribution in [0.1, 0.15) is 25.0 Å². The molecule has 2 fully saturated rings. The maximum Gasteiger partial charge on any atom is 0.309 e. The summed E-state index contributed by atoms with van der Waals surface area (Å²) in [7, 11) is 2.06. The van der Waals surface area contributed by atoms with Crippen molar-refractivity contribution in [3.63, 3.8) is 0 Å². The van der Waals surface area contributed by atoms with Crippen molar-refractivity contribution < 1.29 is 9.53 Å². The number of rotatable bonds is 6. The van der Waals surface area contributed by atoms with E-state index in [0.717, 1.165) is 77.3 Å². The van der Waals surface area contributed by atoms with Crippen LogP contribution >= 0.6 is 0 Å². The van der Waals surface area contributed by atoms with Crippen molar-refractivity contribution in [2.24, 2.45) is 5.92 Å². The first kappa shape index (κ1) is 22.7. The standard InChI is InChI=1S/C28H30N6O2/c1-17-4-3-5-25(32-17)27-26(30-16-31-27)18-6-7-24-19(10-18)11-22(14-29-24)33-21-12-20(13-21)28(35)36-23-8-9-34(2)15-23/h3-7,10-11,14,16,20-21,23,33H,8-9,12-13,15H2,1-2H3,(H,30,31)/t20?,21?,23-/m0/s1. The lowest BCUT2D eigenvalue weighted by molar-refractivity contribution is -0.156. The van der Waals surface area contributed by atoms with E-state index in [2.05, 4.69) is 49.3 Å². The minimum absolute atomic E-state index is 0.0123. The minimum atomic E-state index is -0.0486. The number of esters is 1. The van der Waals surface area contributed by atoms with Gasteiger partial charge in [-0.25, -0.2) is 4.98 Å². The van der Waals surface area contributed by atoms with Crippen LogP contribution < -0.4 is 5.32 Å². The van der Waals surface area contributed by atoms with Crippen molar-refractivity contribution in [2.45, 2.75) is 38.3 Å². The quantitative estimate of drug-likeness (QED) is 0.393. The third kappa shape index (κ3) is 4.56. The monoisotopic (exact) mass is 482 g/mol. The maximum absolute atomic E-state index is 12.5. The van der Waals surface area contributed by atoms with Crippen molar-refractivity contribution in [3.05, 3.63) is 60.7 Å². The van der Waals surface area contributed by atoms with Crippen molar-refractivity contribution in [1.29, 1.82) is 0 Å². The van der Waals surface area contributed by atoms with Gasteiger partial charge in [0, 0.05) is 35.8 Å². The first-order valence-corrected chi connectivity index (χ1v) is 12.5. The average molecular weight is 483 g/mol. The Hall–Kier alpha value is -3.78. The number of hydrogen-bond donors (Lipinski definition) is 2. The van der Waals surface area contributed by atoms with Crippen LogP contribution in [-0.4, -0.2) is 63.1 Å². The number of H-pyrrole nitrogens is 1. The number of likely N-dealkylation sites (tertiary alicyclic amines) is 1. The lowest BCUT2D eigenvalue weighted by atomic mass is 9.80. The van der Waals surface area contributed by atoms with Crippen LogP contribution in [0, 0.1) is 12.8 Å². The first-order chi connectivity index (χ1) is 17.5. The van der Waals surface area contributed by atoms with Crippen LogP contribution in [0.25, 0.3) is 33.5 Å². The van der Waals surface area contributed by atoms with E-state index < -0.39 is 0 Å². The highest BCUT2D eigenvalue weighted by atomic mass is 16.5. The maximum atomic E-state index is 12.5. The number of nitrogens with one attached hydrogen (secondary N) is 2. The van der Waals surface area contributed by atoms with Crippen molar-refractivity contribution in [3.8, 4) is 22.6 Å². The number of anilines is 1. The summed E-state index contributed by atoms with van der Waals surface area (Å²) in [6, 6.07) is 14.5. The number of hydrogen-bond acceptors (Lipinski definition) is 7. The predicted molar refractivity (Wildman–Crippen MR) is 139 cm³/mol. The molecule has 184 valence electrons. The van der Waals surface area contributed by atoms with Crippen LogP contribution in [0.3, 0.4) is 0 Å². The van der Waals surface area contributed by atoms with E-state index in [9.17, 15) is 4.79 Å². The van der Waals surface area contributed by atoms with Crippen LogP contribution in [0.2, 0.25) is 0 Å². The van der Waals surface area contributed by atoms with Gasteiger partial charge in [0.15, 0.2) is 0 Å². The van der Waals surface area contributed by atoms with Crippen LogP contribution in [-0.2, 0) is 9.53 Å². The van der Waals surface area contributed by atoms with Gasteiger partial charge in [0.25, 0.3) is 0 Å². The van der Waals surface area contributed by atoms with Crippen molar-refractivity contribution in [1.82, 2.24) is 24.8 Å². The molecule has 1 aliphatic carbocycles. The zero-order chi connectivity index (χ0) is 24.6. The molecular weight excluding hydrogens is 452 g/mol. The molecule has 1 aromatic carbocycles. The smallest absolute Gasteiger partial charge is 0.309 e. The number of aryl methyl sites for hydroxylation is 1. The zero-order valence-corrected chi connectivity index (χ0v) is 20.6. The molecule has 2 N–H and O–H groups in total. The third-order valence-electron chi connectivity index (χ3n) is 7.21. The highest BCUT2D eigenvalue weighted by Gasteiger charge is 2.37. The topological polar surface area (TPSA) is 96.0 Å². The number of aromatic amines is 1. The fourth-order valence-corrected chi connectivity index (χ4v) is 5.16. The highest BCUT2D eigenvalue weighted by Crippen LogP contribution is 2.34. The SMILES string of the molecule is Cc1cccc(-c2[nH]cnc2-c2ccc3ncc(NC4CC(C(=O)O[C@H]5CCN(C)C5)C4)cc3c2)n1. The Balaban J connectivity index is 1.14. The number of aromatic nitrogens is 4. The van der Waals surface area contributed by atoms with Gasteiger partial charge in [-0.3, -0.25) is 14.8 Å². The molecule has 1 atom stereocenters. The molecule has 1 saturated carbocycles. The molecule has 4 aromatic rings. The Kier molecular flexibility index (Phi) is 5.89. The largest absolute Gasteiger partial charge is 0.461 e. The predicted octanol–water partition coefficient (Wildman–Crippen LogP) is 4.43. The van der Waals surface area contributed by atoms with Crippen LogP contribution in [0.15, 0.2) is 55.0 Å². The minimum Gasteiger partial charge on any atom is -0.461 e. The van der Waals surface area contributed by atoms with Crippen molar-refractivity contribution in [2.75, 3.05) is 25.5 Å². The molecular formula is C28H30N6O2. The van der Waals surface area contributed by atoms with E-state index in [4.69, 9.17) is 4.74 Å². The molecule has 2 aliphatic rings. The van der Waals surface area contributed by atoms with Crippen LogP contribution in [0.4, 0.5) is 5.69 Å². The Morgan fingerprint density at radius 2 is 2.06 bits per heavy atom. The summed E-state index contributed by atoms with van der Waals surface area (Å²) in [6.07, 6.45) is 6.13. The summed E-state index contributed by atoms with van der Waals surface area (Å²) >= 11 is 0. The average Bonchev–Trinajstić information content (AvgIpc) is 3.49. The summed E-state index contributed by atoms with van der Waals surface area (Å²) in [6.45, 7) is 3.82. The molecule has 1 aliphatic heterocycles. The Labute approximate surface area is 210 Å². The number of benzene rings is 1. The molecule has 0 radical (unpaired) electrons. The first-order valence-electron chi connectivity index (χ1n) is 12.5. The van der Waals surface area contributed by atoms with Gasteiger partial charge in [-0.05, 0) is 63.6 Å². The Bertz CT molecular complexity index is 1410. The lowest BCUT2D eigenvalue weighted by Gasteiger charge is -2.35. The number of ether oxygens (including phenoxy) is 1. The summed E-state index contributed by atoms with van der Waals surface area (Å²) in [4.78, 5) is 31.8. The van der Waals surface area contributed by atoms with E-state index >= 15 is 0 Å². The highest BCUT2D eigenvalue weighted by molar-refractivity contribution is 5.88. The van der Waals surface area contributed by atoms with Crippen molar-refractivity contribution >= 4 is 22.6 Å². The fraction of sp³-hybridized carbons (Fsp3) is 0.357. The molecule has 0 amide bonds. The molecule has 36 heavy (non-hydrogen) atoms. The van der Waals surface area contributed by atoms with E-state index in [1.54, 1.807) is 6.33 Å². The number of fused-ring (bicyclic) bond motifs is 1. The Morgan fingerprint density at radius 1 is 1.17 bits per heavy atom. The third-order valence-corrected chi connectivity index (χ3v) is 7.21. The van der Waals surface area contributed by atoms with Gasteiger partial charge in [-0.15, -0.1) is 0 Å². The van der Waals surface area contributed by atoms with Gasteiger partial charge in [0.1, 0.15) is 6.10 Å². The second-order valence-electron chi connectivity index (χ2n) is 10.0.